The minimum atomic E-state index is -1.36. The van der Waals surface area contributed by atoms with Crippen LogP contribution in [-0.4, -0.2) is 91.9 Å². The Bertz CT molecular complexity index is 1200. The van der Waals surface area contributed by atoms with Crippen LogP contribution < -0.4 is 26.6 Å². The van der Waals surface area contributed by atoms with Crippen molar-refractivity contribution in [1.29, 1.82) is 0 Å². The fourth-order valence-corrected chi connectivity index (χ4v) is 4.55. The number of ether oxygens (including phenoxy) is 2. The molecule has 15 heteroatoms. The van der Waals surface area contributed by atoms with Gasteiger partial charge in [-0.3, -0.25) is 24.0 Å². The van der Waals surface area contributed by atoms with Gasteiger partial charge in [-0.05, 0) is 51.5 Å². The van der Waals surface area contributed by atoms with E-state index in [2.05, 4.69) is 26.6 Å². The number of alkyl carbamates (subject to hydrolysis) is 2. The first kappa shape index (κ1) is 37.8. The second-order valence-corrected chi connectivity index (χ2v) is 12.4. The van der Waals surface area contributed by atoms with E-state index >= 15 is 0 Å². The second kappa shape index (κ2) is 17.9. The first-order valence-electron chi connectivity index (χ1n) is 15.2. The van der Waals surface area contributed by atoms with Crippen molar-refractivity contribution in [2.45, 2.75) is 84.2 Å². The normalized spacial score (nSPS) is 16.3. The SMILES string of the molecule is CON(C)C(=O)[C@H](C[C@@H]1CCNC1=O)NC(=O)[C@H](CC(C)C)NC(=O)[C@H](CNC(=O)OC(C)(C)C)NC(=O)OCc1ccccc1. The Kier molecular flexibility index (Phi) is 14.7. The molecule has 2 rings (SSSR count). The molecule has 0 radical (unpaired) electrons. The van der Waals surface area contributed by atoms with Gasteiger partial charge >= 0.3 is 12.2 Å². The van der Waals surface area contributed by atoms with Crippen LogP contribution in [0.4, 0.5) is 9.59 Å². The zero-order valence-corrected chi connectivity index (χ0v) is 27.6. The summed E-state index contributed by atoms with van der Waals surface area (Å²) in [4.78, 5) is 82.5. The lowest BCUT2D eigenvalue weighted by molar-refractivity contribution is -0.172. The molecule has 0 aromatic heterocycles. The van der Waals surface area contributed by atoms with Crippen LogP contribution in [0, 0.1) is 11.8 Å². The first-order chi connectivity index (χ1) is 21.6. The van der Waals surface area contributed by atoms with E-state index in [1.54, 1.807) is 45.0 Å². The van der Waals surface area contributed by atoms with Crippen molar-refractivity contribution in [2.75, 3.05) is 27.2 Å². The van der Waals surface area contributed by atoms with Crippen LogP contribution in [-0.2, 0) is 40.1 Å². The number of nitrogens with one attached hydrogen (secondary N) is 5. The Morgan fingerprint density at radius 1 is 0.957 bits per heavy atom. The molecule has 1 saturated heterocycles. The van der Waals surface area contributed by atoms with E-state index in [0.29, 0.717) is 13.0 Å². The largest absolute Gasteiger partial charge is 0.445 e. The number of rotatable bonds is 15. The number of nitrogens with zero attached hydrogens (tertiary/aromatic N) is 1. The maximum Gasteiger partial charge on any atom is 0.408 e. The molecule has 4 atom stereocenters. The highest BCUT2D eigenvalue weighted by Gasteiger charge is 2.35. The molecule has 256 valence electrons. The van der Waals surface area contributed by atoms with Crippen molar-refractivity contribution in [2.24, 2.45) is 11.8 Å². The van der Waals surface area contributed by atoms with Crippen LogP contribution in [0.1, 0.15) is 59.4 Å². The van der Waals surface area contributed by atoms with Gasteiger partial charge in [0.2, 0.25) is 17.7 Å². The van der Waals surface area contributed by atoms with Gasteiger partial charge in [0.05, 0.1) is 13.7 Å². The average Bonchev–Trinajstić information content (AvgIpc) is 3.39. The van der Waals surface area contributed by atoms with Gasteiger partial charge in [0.1, 0.15) is 30.3 Å². The van der Waals surface area contributed by atoms with Crippen LogP contribution in [0.5, 0.6) is 0 Å². The Balaban J connectivity index is 2.21. The number of carbonyl (C=O) groups is 6. The van der Waals surface area contributed by atoms with E-state index in [1.165, 1.54) is 14.2 Å². The van der Waals surface area contributed by atoms with Crippen molar-refractivity contribution >= 4 is 35.8 Å². The average molecular weight is 649 g/mol. The third kappa shape index (κ3) is 13.3. The summed E-state index contributed by atoms with van der Waals surface area (Å²) in [5.74, 6) is -2.83. The number of hydrogen-bond acceptors (Lipinski definition) is 9. The maximum absolute atomic E-state index is 13.6. The second-order valence-electron chi connectivity index (χ2n) is 12.4. The van der Waals surface area contributed by atoms with Crippen LogP contribution in [0.15, 0.2) is 30.3 Å². The van der Waals surface area contributed by atoms with Gasteiger partial charge < -0.3 is 36.1 Å². The predicted octanol–water partition coefficient (Wildman–Crippen LogP) is 1.37. The number of amides is 6. The molecule has 0 saturated carbocycles. The van der Waals surface area contributed by atoms with E-state index in [4.69, 9.17) is 14.3 Å². The minimum absolute atomic E-state index is 0.0314. The third-order valence-corrected chi connectivity index (χ3v) is 6.89. The molecule has 1 fully saturated rings. The fraction of sp³-hybridized carbons (Fsp3) is 0.613. The van der Waals surface area contributed by atoms with Gasteiger partial charge in [-0.25, -0.2) is 14.7 Å². The lowest BCUT2D eigenvalue weighted by Crippen LogP contribution is -2.59. The highest BCUT2D eigenvalue weighted by molar-refractivity contribution is 5.94. The molecule has 0 unspecified atom stereocenters. The topological polar surface area (TPSA) is 193 Å². The summed E-state index contributed by atoms with van der Waals surface area (Å²) in [7, 11) is 2.68. The molecule has 5 N–H and O–H groups in total. The number of hydroxylamine groups is 2. The zero-order valence-electron chi connectivity index (χ0n) is 27.6. The van der Waals surface area contributed by atoms with E-state index in [-0.39, 0.29) is 37.8 Å². The molecular formula is C31H48N6O9. The number of carbonyl (C=O) groups excluding carboxylic acids is 6. The Morgan fingerprint density at radius 2 is 1.59 bits per heavy atom. The van der Waals surface area contributed by atoms with Crippen molar-refractivity contribution in [3.63, 3.8) is 0 Å². The van der Waals surface area contributed by atoms with E-state index in [0.717, 1.165) is 10.6 Å². The monoisotopic (exact) mass is 648 g/mol. The molecule has 1 aromatic rings. The summed E-state index contributed by atoms with van der Waals surface area (Å²) >= 11 is 0. The molecule has 6 amide bonds. The van der Waals surface area contributed by atoms with Crippen LogP contribution in [0.2, 0.25) is 0 Å². The van der Waals surface area contributed by atoms with E-state index in [1.807, 2.05) is 19.9 Å². The minimum Gasteiger partial charge on any atom is -0.445 e. The number of benzene rings is 1. The summed E-state index contributed by atoms with van der Waals surface area (Å²) < 4.78 is 10.5. The molecule has 0 bridgehead atoms. The van der Waals surface area contributed by atoms with Crippen LogP contribution in [0.3, 0.4) is 0 Å². The van der Waals surface area contributed by atoms with Gasteiger partial charge in [0.25, 0.3) is 5.91 Å². The predicted molar refractivity (Wildman–Crippen MR) is 167 cm³/mol. The third-order valence-electron chi connectivity index (χ3n) is 6.89. The van der Waals surface area contributed by atoms with Crippen molar-refractivity contribution in [3.8, 4) is 0 Å². The van der Waals surface area contributed by atoms with Crippen molar-refractivity contribution in [3.05, 3.63) is 35.9 Å². The van der Waals surface area contributed by atoms with Crippen LogP contribution >= 0.6 is 0 Å². The van der Waals surface area contributed by atoms with Gasteiger partial charge in [0.15, 0.2) is 0 Å². The first-order valence-corrected chi connectivity index (χ1v) is 15.2. The Morgan fingerprint density at radius 3 is 2.15 bits per heavy atom. The zero-order chi connectivity index (χ0) is 34.4. The van der Waals surface area contributed by atoms with Crippen molar-refractivity contribution in [1.82, 2.24) is 31.6 Å². The standard InChI is InChI=1S/C31H48N6O9/c1-19(2)15-22(26(39)35-23(28(41)37(6)44-7)16-21-13-14-32-25(21)38)34-27(40)24(17-33-29(42)46-31(3,4)5)36-30(43)45-18-20-11-9-8-10-12-20/h8-12,19,21-24H,13-18H2,1-7H3,(H,32,38)(H,33,42)(H,34,40)(H,35,39)(H,36,43)/t21-,22-,23-,24-/m0/s1. The molecular weight excluding hydrogens is 600 g/mol. The smallest absolute Gasteiger partial charge is 0.408 e. The Hall–Kier alpha value is -4.40. The fourth-order valence-electron chi connectivity index (χ4n) is 4.55. The molecule has 0 spiro atoms. The molecule has 15 nitrogen and oxygen atoms in total. The molecule has 1 aromatic carbocycles. The van der Waals surface area contributed by atoms with Gasteiger partial charge in [-0.1, -0.05) is 44.2 Å². The highest BCUT2D eigenvalue weighted by Crippen LogP contribution is 2.18. The molecule has 1 aliphatic rings. The summed E-state index contributed by atoms with van der Waals surface area (Å²) in [6.07, 6.45) is -1.04. The summed E-state index contributed by atoms with van der Waals surface area (Å²) in [5.41, 5.74) is -0.0912. The number of likely N-dealkylation sites (N-methyl/N-ethyl adjacent to an activating group) is 1. The van der Waals surface area contributed by atoms with E-state index < -0.39 is 59.6 Å². The summed E-state index contributed by atoms with van der Waals surface area (Å²) in [5, 5.41) is 13.9. The Labute approximate surface area is 269 Å². The van der Waals surface area contributed by atoms with Gasteiger partial charge in [-0.2, -0.15) is 0 Å². The molecule has 0 aliphatic carbocycles. The van der Waals surface area contributed by atoms with Crippen molar-refractivity contribution < 1.29 is 43.1 Å². The van der Waals surface area contributed by atoms with E-state index in [9.17, 15) is 28.8 Å². The summed E-state index contributed by atoms with van der Waals surface area (Å²) in [6.45, 7) is 8.72. The molecule has 1 heterocycles. The quantitative estimate of drug-likeness (QED) is 0.175. The lowest BCUT2D eigenvalue weighted by Gasteiger charge is -2.28. The summed E-state index contributed by atoms with van der Waals surface area (Å²) in [6, 6.07) is 5.29. The molecule has 46 heavy (non-hydrogen) atoms. The number of hydrogen-bond donors (Lipinski definition) is 5. The van der Waals surface area contributed by atoms with Crippen LogP contribution in [0.25, 0.3) is 0 Å². The molecule has 1 aliphatic heterocycles. The highest BCUT2D eigenvalue weighted by atomic mass is 16.7. The lowest BCUT2D eigenvalue weighted by atomic mass is 9.96. The van der Waals surface area contributed by atoms with Gasteiger partial charge in [-0.15, -0.1) is 0 Å². The van der Waals surface area contributed by atoms with Gasteiger partial charge in [0, 0.05) is 19.5 Å². The maximum atomic E-state index is 13.6.